The molecule has 28 heavy (non-hydrogen) atoms. The number of alkyl halides is 2. The van der Waals surface area contributed by atoms with Crippen molar-refractivity contribution in [1.29, 1.82) is 0 Å². The third-order valence-corrected chi connectivity index (χ3v) is 6.30. The Balaban J connectivity index is 1.49. The Bertz CT molecular complexity index is 838. The number of halogens is 2. The molecule has 3 heteroatoms. The highest BCUT2D eigenvalue weighted by Gasteiger charge is 2.26. The molecule has 0 aromatic heterocycles. The van der Waals surface area contributed by atoms with Crippen molar-refractivity contribution in [2.75, 3.05) is 0 Å². The van der Waals surface area contributed by atoms with Crippen LogP contribution < -0.4 is 4.74 Å². The van der Waals surface area contributed by atoms with Crippen molar-refractivity contribution in [2.45, 2.75) is 64.4 Å². The maximum absolute atomic E-state index is 12.3. The Morgan fingerprint density at radius 1 is 0.964 bits per heavy atom. The average Bonchev–Trinajstić information content (AvgIpc) is 2.71. The Labute approximate surface area is 166 Å². The fraction of sp³-hybridized carbons (Fsp3) is 0.440. The third-order valence-electron chi connectivity index (χ3n) is 6.30. The Morgan fingerprint density at radius 3 is 2.32 bits per heavy atom. The Kier molecular flexibility index (Phi) is 5.79. The largest absolute Gasteiger partial charge is 0.435 e. The van der Waals surface area contributed by atoms with Gasteiger partial charge in [-0.3, -0.25) is 0 Å². The number of allylic oxidation sites excluding steroid dienone is 2. The van der Waals surface area contributed by atoms with Gasteiger partial charge in [0.15, 0.2) is 0 Å². The van der Waals surface area contributed by atoms with E-state index >= 15 is 0 Å². The van der Waals surface area contributed by atoms with E-state index in [1.165, 1.54) is 30.4 Å². The van der Waals surface area contributed by atoms with Crippen molar-refractivity contribution in [3.63, 3.8) is 0 Å². The average molecular weight is 382 g/mol. The molecule has 148 valence electrons. The summed E-state index contributed by atoms with van der Waals surface area (Å²) in [6, 6.07) is 11.9. The quantitative estimate of drug-likeness (QED) is 0.527. The number of rotatable bonds is 5. The molecule has 2 aliphatic carbocycles. The summed E-state index contributed by atoms with van der Waals surface area (Å²) in [6.07, 6.45) is 12.7. The van der Waals surface area contributed by atoms with Crippen LogP contribution in [-0.4, -0.2) is 6.61 Å². The minimum Gasteiger partial charge on any atom is -0.435 e. The molecule has 0 bridgehead atoms. The van der Waals surface area contributed by atoms with Gasteiger partial charge in [0.2, 0.25) is 0 Å². The van der Waals surface area contributed by atoms with Gasteiger partial charge in [-0.25, -0.2) is 0 Å². The van der Waals surface area contributed by atoms with E-state index in [1.807, 2.05) is 12.1 Å². The lowest BCUT2D eigenvalue weighted by Crippen LogP contribution is -2.20. The molecule has 2 aromatic carbocycles. The topological polar surface area (TPSA) is 9.23 Å². The maximum atomic E-state index is 12.3. The first-order valence-corrected chi connectivity index (χ1v) is 10.5. The Hall–Kier alpha value is -2.16. The first-order valence-electron chi connectivity index (χ1n) is 10.5. The first kappa shape index (κ1) is 19.2. The van der Waals surface area contributed by atoms with E-state index in [4.69, 9.17) is 0 Å². The minimum absolute atomic E-state index is 0.232. The fourth-order valence-corrected chi connectivity index (χ4v) is 4.89. The number of ether oxygens (including phenoxy) is 1. The van der Waals surface area contributed by atoms with Crippen molar-refractivity contribution in [3.05, 3.63) is 76.4 Å². The summed E-state index contributed by atoms with van der Waals surface area (Å²) >= 11 is 0. The molecule has 0 amide bonds. The molecule has 2 unspecified atom stereocenters. The van der Waals surface area contributed by atoms with Gasteiger partial charge in [-0.15, -0.1) is 0 Å². The van der Waals surface area contributed by atoms with Crippen LogP contribution in [-0.2, 0) is 25.7 Å². The van der Waals surface area contributed by atoms with Crippen molar-refractivity contribution in [2.24, 2.45) is 5.92 Å². The summed E-state index contributed by atoms with van der Waals surface area (Å²) in [5, 5.41) is 0. The molecule has 0 fully saturated rings. The van der Waals surface area contributed by atoms with E-state index in [2.05, 4.69) is 35.9 Å². The number of hydrogen-bond acceptors (Lipinski definition) is 1. The molecule has 2 atom stereocenters. The van der Waals surface area contributed by atoms with Crippen molar-refractivity contribution < 1.29 is 13.5 Å². The van der Waals surface area contributed by atoms with Crippen LogP contribution >= 0.6 is 0 Å². The lowest BCUT2D eigenvalue weighted by atomic mass is 9.74. The second kappa shape index (κ2) is 8.46. The van der Waals surface area contributed by atoms with E-state index in [-0.39, 0.29) is 5.75 Å². The van der Waals surface area contributed by atoms with E-state index in [1.54, 1.807) is 28.8 Å². The summed E-state index contributed by atoms with van der Waals surface area (Å²) in [5.74, 6) is 1.38. The summed E-state index contributed by atoms with van der Waals surface area (Å²) in [7, 11) is 0. The third kappa shape index (κ3) is 4.14. The van der Waals surface area contributed by atoms with Crippen LogP contribution in [0.5, 0.6) is 5.75 Å². The van der Waals surface area contributed by atoms with Crippen molar-refractivity contribution in [3.8, 4) is 5.75 Å². The highest BCUT2D eigenvalue weighted by molar-refractivity contribution is 5.46. The summed E-state index contributed by atoms with van der Waals surface area (Å²) in [4.78, 5) is 0. The van der Waals surface area contributed by atoms with Crippen LogP contribution in [0.4, 0.5) is 8.78 Å². The highest BCUT2D eigenvalue weighted by atomic mass is 19.3. The normalized spacial score (nSPS) is 21.6. The Morgan fingerprint density at radius 2 is 1.64 bits per heavy atom. The SMILES string of the molecule is CC/C=C/C1CCc2c(ccc3c2CCC(c2ccc(OC(F)F)cc2)C3)C1. The molecular weight excluding hydrogens is 354 g/mol. The summed E-state index contributed by atoms with van der Waals surface area (Å²) in [5.41, 5.74) is 7.44. The van der Waals surface area contributed by atoms with Gasteiger partial charge < -0.3 is 4.74 Å². The van der Waals surface area contributed by atoms with Crippen LogP contribution in [0.3, 0.4) is 0 Å². The van der Waals surface area contributed by atoms with E-state index in [9.17, 15) is 8.78 Å². The zero-order chi connectivity index (χ0) is 19.5. The van der Waals surface area contributed by atoms with Gasteiger partial charge in [-0.1, -0.05) is 43.3 Å². The number of fused-ring (bicyclic) bond motifs is 3. The summed E-state index contributed by atoms with van der Waals surface area (Å²) in [6.45, 7) is -0.574. The van der Waals surface area contributed by atoms with E-state index in [0.717, 1.165) is 25.7 Å². The molecule has 0 N–H and O–H groups in total. The zero-order valence-electron chi connectivity index (χ0n) is 16.5. The van der Waals surface area contributed by atoms with E-state index < -0.39 is 6.61 Å². The van der Waals surface area contributed by atoms with Gasteiger partial charge >= 0.3 is 6.61 Å². The van der Waals surface area contributed by atoms with E-state index in [0.29, 0.717) is 11.8 Å². The molecule has 4 rings (SSSR count). The van der Waals surface area contributed by atoms with Gasteiger partial charge in [0.1, 0.15) is 5.75 Å². The molecule has 2 aromatic rings. The lowest BCUT2D eigenvalue weighted by Gasteiger charge is -2.31. The maximum Gasteiger partial charge on any atom is 0.387 e. The first-order chi connectivity index (χ1) is 13.6. The van der Waals surface area contributed by atoms with Crippen molar-refractivity contribution >= 4 is 0 Å². The van der Waals surface area contributed by atoms with Crippen LogP contribution in [0.15, 0.2) is 48.6 Å². The predicted octanol–water partition coefficient (Wildman–Crippen LogP) is 6.63. The second-order valence-corrected chi connectivity index (χ2v) is 8.07. The van der Waals surface area contributed by atoms with Gasteiger partial charge in [0.05, 0.1) is 0 Å². The van der Waals surface area contributed by atoms with Gasteiger partial charge in [-0.05, 0) is 96.7 Å². The van der Waals surface area contributed by atoms with Crippen molar-refractivity contribution in [1.82, 2.24) is 0 Å². The molecule has 0 heterocycles. The predicted molar refractivity (Wildman–Crippen MR) is 109 cm³/mol. The molecule has 0 spiro atoms. The fourth-order valence-electron chi connectivity index (χ4n) is 4.89. The zero-order valence-corrected chi connectivity index (χ0v) is 16.5. The number of benzene rings is 2. The van der Waals surface area contributed by atoms with Crippen LogP contribution in [0, 0.1) is 5.92 Å². The highest BCUT2D eigenvalue weighted by Crippen LogP contribution is 2.38. The molecule has 1 nitrogen and oxygen atoms in total. The van der Waals surface area contributed by atoms with Crippen LogP contribution in [0.1, 0.15) is 59.9 Å². The number of hydrogen-bond donors (Lipinski definition) is 0. The monoisotopic (exact) mass is 382 g/mol. The lowest BCUT2D eigenvalue weighted by molar-refractivity contribution is -0.0498. The van der Waals surface area contributed by atoms with Crippen LogP contribution in [0.25, 0.3) is 0 Å². The van der Waals surface area contributed by atoms with Gasteiger partial charge in [0, 0.05) is 0 Å². The van der Waals surface area contributed by atoms with Crippen LogP contribution in [0.2, 0.25) is 0 Å². The molecule has 2 aliphatic rings. The molecule has 0 saturated heterocycles. The molecule has 0 radical (unpaired) electrons. The molecule has 0 saturated carbocycles. The molecule has 0 aliphatic heterocycles. The minimum atomic E-state index is -2.77. The van der Waals surface area contributed by atoms with Gasteiger partial charge in [0.25, 0.3) is 0 Å². The molecular formula is C25H28F2O. The standard InChI is InChI=1S/C25H28F2O/c1-2-3-4-17-5-13-23-20(15-17)6-7-21-16-19(10-14-24(21)23)18-8-11-22(12-9-18)28-25(26)27/h3-4,6-9,11-12,17,19,25H,2,5,10,13-16H2,1H3/b4-3+. The second-order valence-electron chi connectivity index (χ2n) is 8.07. The smallest absolute Gasteiger partial charge is 0.387 e. The van der Waals surface area contributed by atoms with Gasteiger partial charge in [-0.2, -0.15) is 8.78 Å². The summed E-state index contributed by atoms with van der Waals surface area (Å²) < 4.78 is 29.1.